The highest BCUT2D eigenvalue weighted by atomic mass is 32.1. The maximum atomic E-state index is 11.6. The first kappa shape index (κ1) is 15.0. The van der Waals surface area contributed by atoms with Crippen LogP contribution in [0.5, 0.6) is 5.75 Å². The van der Waals surface area contributed by atoms with Gasteiger partial charge in [-0.1, -0.05) is 17.4 Å². The van der Waals surface area contributed by atoms with E-state index in [4.69, 9.17) is 27.2 Å². The number of thiocarbonyl (C=S) groups is 1. The smallest absolute Gasteiger partial charge is 0.258 e. The molecule has 1 aromatic heterocycles. The van der Waals surface area contributed by atoms with Crippen molar-refractivity contribution in [3.05, 3.63) is 47.3 Å². The van der Waals surface area contributed by atoms with E-state index in [2.05, 4.69) is 10.5 Å². The fourth-order valence-corrected chi connectivity index (χ4v) is 1.74. The lowest BCUT2D eigenvalue weighted by Gasteiger charge is -2.07. The van der Waals surface area contributed by atoms with E-state index in [9.17, 15) is 4.79 Å². The van der Waals surface area contributed by atoms with Crippen molar-refractivity contribution in [3.63, 3.8) is 0 Å². The summed E-state index contributed by atoms with van der Waals surface area (Å²) in [5, 5.41) is 6.46. The number of nitrogens with two attached hydrogens (primary N) is 1. The van der Waals surface area contributed by atoms with Gasteiger partial charge in [0.1, 0.15) is 22.2 Å². The van der Waals surface area contributed by atoms with Crippen molar-refractivity contribution in [1.29, 1.82) is 0 Å². The van der Waals surface area contributed by atoms with Gasteiger partial charge in [-0.2, -0.15) is 0 Å². The molecular formula is C14H15N3O3S. The van der Waals surface area contributed by atoms with Crippen LogP contribution < -0.4 is 15.8 Å². The molecule has 1 amide bonds. The van der Waals surface area contributed by atoms with E-state index >= 15 is 0 Å². The zero-order valence-corrected chi connectivity index (χ0v) is 12.3. The number of rotatable bonds is 6. The molecule has 1 aromatic carbocycles. The number of aromatic nitrogens is 1. The molecule has 2 rings (SSSR count). The van der Waals surface area contributed by atoms with Crippen LogP contribution in [0.15, 0.2) is 34.9 Å². The minimum atomic E-state index is -0.242. The van der Waals surface area contributed by atoms with E-state index < -0.39 is 0 Å². The predicted molar refractivity (Wildman–Crippen MR) is 80.9 cm³/mol. The zero-order valence-electron chi connectivity index (χ0n) is 11.5. The van der Waals surface area contributed by atoms with E-state index in [-0.39, 0.29) is 12.5 Å². The largest absolute Gasteiger partial charge is 0.484 e. The number of nitrogens with zero attached hydrogens (tertiary/aromatic N) is 1. The molecule has 0 bridgehead atoms. The minimum absolute atomic E-state index is 0.0801. The second-order valence-electron chi connectivity index (χ2n) is 4.38. The molecule has 0 radical (unpaired) electrons. The van der Waals surface area contributed by atoms with Crippen LogP contribution in [0.3, 0.4) is 0 Å². The Morgan fingerprint density at radius 3 is 2.71 bits per heavy atom. The van der Waals surface area contributed by atoms with Crippen molar-refractivity contribution >= 4 is 23.1 Å². The summed E-state index contributed by atoms with van der Waals surface area (Å²) >= 11 is 4.85. The summed E-state index contributed by atoms with van der Waals surface area (Å²) in [4.78, 5) is 12.0. The third-order valence-corrected chi connectivity index (χ3v) is 2.89. The standard InChI is InChI=1S/C14H15N3O3S/c1-9-6-11(17-20-9)7-16-13(18)8-19-12-4-2-10(3-5-12)14(15)21/h2-6H,7-8H2,1H3,(H2,15,21)(H,16,18). The summed E-state index contributed by atoms with van der Waals surface area (Å²) in [5.74, 6) is 1.03. The first-order valence-electron chi connectivity index (χ1n) is 6.26. The molecule has 0 atom stereocenters. The van der Waals surface area contributed by atoms with Gasteiger partial charge in [0.15, 0.2) is 6.61 Å². The monoisotopic (exact) mass is 305 g/mol. The van der Waals surface area contributed by atoms with Gasteiger partial charge in [0.05, 0.1) is 6.54 Å². The van der Waals surface area contributed by atoms with Crippen LogP contribution in [0.25, 0.3) is 0 Å². The second kappa shape index (κ2) is 6.85. The maximum Gasteiger partial charge on any atom is 0.258 e. The molecule has 0 aliphatic carbocycles. The normalized spacial score (nSPS) is 10.1. The molecule has 6 nitrogen and oxygen atoms in total. The van der Waals surface area contributed by atoms with Crippen molar-refractivity contribution in [2.75, 3.05) is 6.61 Å². The van der Waals surface area contributed by atoms with E-state index in [1.165, 1.54) is 0 Å². The number of amides is 1. The fraction of sp³-hybridized carbons (Fsp3) is 0.214. The molecule has 0 fully saturated rings. The van der Waals surface area contributed by atoms with Gasteiger partial charge in [0, 0.05) is 11.6 Å². The Labute approximate surface area is 127 Å². The highest BCUT2D eigenvalue weighted by Gasteiger charge is 2.05. The van der Waals surface area contributed by atoms with Gasteiger partial charge >= 0.3 is 0 Å². The van der Waals surface area contributed by atoms with Gasteiger partial charge in [-0.25, -0.2) is 0 Å². The lowest BCUT2D eigenvalue weighted by Crippen LogP contribution is -2.28. The lowest BCUT2D eigenvalue weighted by molar-refractivity contribution is -0.123. The van der Waals surface area contributed by atoms with Crippen molar-refractivity contribution in [1.82, 2.24) is 10.5 Å². The molecule has 21 heavy (non-hydrogen) atoms. The molecule has 2 aromatic rings. The molecule has 0 saturated carbocycles. The summed E-state index contributed by atoms with van der Waals surface area (Å²) in [6.45, 7) is 2.02. The predicted octanol–water partition coefficient (Wildman–Crippen LogP) is 1.31. The number of ether oxygens (including phenoxy) is 1. The molecular weight excluding hydrogens is 290 g/mol. The average Bonchev–Trinajstić information content (AvgIpc) is 2.89. The van der Waals surface area contributed by atoms with Crippen LogP contribution in [0.2, 0.25) is 0 Å². The Bertz CT molecular complexity index is 637. The number of carbonyl (C=O) groups is 1. The molecule has 0 unspecified atom stereocenters. The molecule has 0 aliphatic heterocycles. The summed E-state index contributed by atoms with van der Waals surface area (Å²) < 4.78 is 10.3. The van der Waals surface area contributed by atoms with Crippen LogP contribution in [0.1, 0.15) is 17.0 Å². The first-order chi connectivity index (χ1) is 10.0. The average molecular weight is 305 g/mol. The van der Waals surface area contributed by atoms with E-state index in [0.29, 0.717) is 28.7 Å². The van der Waals surface area contributed by atoms with Gasteiger partial charge < -0.3 is 20.3 Å². The molecule has 3 N–H and O–H groups in total. The van der Waals surface area contributed by atoms with E-state index in [1.54, 1.807) is 37.3 Å². The molecule has 0 aliphatic rings. The first-order valence-corrected chi connectivity index (χ1v) is 6.67. The Hall–Kier alpha value is -2.41. The minimum Gasteiger partial charge on any atom is -0.484 e. The molecule has 7 heteroatoms. The molecule has 0 spiro atoms. The third-order valence-electron chi connectivity index (χ3n) is 2.65. The Morgan fingerprint density at radius 2 is 2.14 bits per heavy atom. The van der Waals surface area contributed by atoms with Gasteiger partial charge in [-0.05, 0) is 31.2 Å². The molecule has 0 saturated heterocycles. The molecule has 1 heterocycles. The second-order valence-corrected chi connectivity index (χ2v) is 4.82. The van der Waals surface area contributed by atoms with Crippen molar-refractivity contribution in [3.8, 4) is 5.75 Å². The van der Waals surface area contributed by atoms with E-state index in [1.807, 2.05) is 0 Å². The lowest BCUT2D eigenvalue weighted by atomic mass is 10.2. The third kappa shape index (κ3) is 4.57. The van der Waals surface area contributed by atoms with Crippen LogP contribution in [0.4, 0.5) is 0 Å². The van der Waals surface area contributed by atoms with Crippen LogP contribution >= 0.6 is 12.2 Å². The topological polar surface area (TPSA) is 90.4 Å². The zero-order chi connectivity index (χ0) is 15.2. The number of hydrogen-bond donors (Lipinski definition) is 2. The van der Waals surface area contributed by atoms with Gasteiger partial charge in [0.2, 0.25) is 0 Å². The Kier molecular flexibility index (Phi) is 4.89. The van der Waals surface area contributed by atoms with Crippen LogP contribution in [-0.2, 0) is 11.3 Å². The molecule has 110 valence electrons. The maximum absolute atomic E-state index is 11.6. The number of carbonyl (C=O) groups excluding carboxylic acids is 1. The summed E-state index contributed by atoms with van der Waals surface area (Å²) in [6, 6.07) is 8.67. The van der Waals surface area contributed by atoms with Gasteiger partial charge in [-0.15, -0.1) is 0 Å². The van der Waals surface area contributed by atoms with Gasteiger partial charge in [0.25, 0.3) is 5.91 Å². The van der Waals surface area contributed by atoms with Gasteiger partial charge in [-0.3, -0.25) is 4.79 Å². The number of benzene rings is 1. The Morgan fingerprint density at radius 1 is 1.43 bits per heavy atom. The Balaban J connectivity index is 1.77. The summed E-state index contributed by atoms with van der Waals surface area (Å²) in [7, 11) is 0. The highest BCUT2D eigenvalue weighted by molar-refractivity contribution is 7.80. The fourth-order valence-electron chi connectivity index (χ4n) is 1.61. The number of aryl methyl sites for hydroxylation is 1. The van der Waals surface area contributed by atoms with Crippen molar-refractivity contribution < 1.29 is 14.1 Å². The van der Waals surface area contributed by atoms with Crippen molar-refractivity contribution in [2.45, 2.75) is 13.5 Å². The number of hydrogen-bond acceptors (Lipinski definition) is 5. The quantitative estimate of drug-likeness (QED) is 0.782. The van der Waals surface area contributed by atoms with E-state index in [0.717, 1.165) is 5.56 Å². The van der Waals surface area contributed by atoms with Crippen LogP contribution in [-0.4, -0.2) is 22.7 Å². The summed E-state index contributed by atoms with van der Waals surface area (Å²) in [6.07, 6.45) is 0. The summed E-state index contributed by atoms with van der Waals surface area (Å²) in [5.41, 5.74) is 6.92. The van der Waals surface area contributed by atoms with Crippen LogP contribution in [0, 0.1) is 6.92 Å². The number of nitrogens with one attached hydrogen (secondary N) is 1. The SMILES string of the molecule is Cc1cc(CNC(=O)COc2ccc(C(N)=S)cc2)no1. The van der Waals surface area contributed by atoms with Crippen molar-refractivity contribution in [2.24, 2.45) is 5.73 Å². The highest BCUT2D eigenvalue weighted by Crippen LogP contribution is 2.11.